The molecule has 76 valence electrons. The molecule has 0 saturated heterocycles. The van der Waals surface area contributed by atoms with Crippen LogP contribution in [-0.2, 0) is 13.6 Å². The van der Waals surface area contributed by atoms with Crippen molar-refractivity contribution in [1.82, 2.24) is 0 Å². The Morgan fingerprint density at radius 1 is 1.15 bits per heavy atom. The van der Waals surface area contributed by atoms with Gasteiger partial charge in [-0.2, -0.15) is 0 Å². The summed E-state index contributed by atoms with van der Waals surface area (Å²) in [7, 11) is 2.53. The summed E-state index contributed by atoms with van der Waals surface area (Å²) in [5, 5.41) is 0. The van der Waals surface area contributed by atoms with Crippen molar-refractivity contribution in [3.8, 4) is 0 Å². The Labute approximate surface area is 82.1 Å². The molecule has 0 aliphatic heterocycles. The summed E-state index contributed by atoms with van der Waals surface area (Å²) in [5.74, 6) is 0. The van der Waals surface area contributed by atoms with Crippen molar-refractivity contribution >= 4 is 15.4 Å². The van der Waals surface area contributed by atoms with Gasteiger partial charge in [-0.1, -0.05) is 12.7 Å². The molecule has 0 N–H and O–H groups in total. The van der Waals surface area contributed by atoms with Crippen molar-refractivity contribution in [2.75, 3.05) is 19.4 Å². The maximum atomic E-state index is 11.8. The molecule has 0 aromatic heterocycles. The van der Waals surface area contributed by atoms with Gasteiger partial charge in [0.2, 0.25) is 0 Å². The highest BCUT2D eigenvalue weighted by Gasteiger charge is 2.21. The molecule has 5 heteroatoms. The second-order valence-corrected chi connectivity index (χ2v) is 4.85. The highest BCUT2D eigenvalue weighted by molar-refractivity contribution is 7.53. The van der Waals surface area contributed by atoms with E-state index in [1.54, 1.807) is 0 Å². The van der Waals surface area contributed by atoms with Gasteiger partial charge in [0, 0.05) is 0 Å². The first-order valence-corrected chi connectivity index (χ1v) is 6.49. The van der Waals surface area contributed by atoms with Crippen LogP contribution in [0.3, 0.4) is 0 Å². The Kier molecular flexibility index (Phi) is 7.73. The van der Waals surface area contributed by atoms with Gasteiger partial charge in [-0.3, -0.25) is 4.57 Å². The standard InChI is InChI=1S/C8H18BO3P/c1-3-11-13(10,12-4-2)8-6-5-7-9/h3-8H2,1-2H3. The minimum absolute atomic E-state index is 0.430. The lowest BCUT2D eigenvalue weighted by atomic mass is 10.0. The molecule has 0 fully saturated rings. The molecular formula is C8H18BO3P. The molecule has 0 aromatic carbocycles. The third kappa shape index (κ3) is 6.31. The zero-order valence-corrected chi connectivity index (χ0v) is 9.39. The fourth-order valence-corrected chi connectivity index (χ4v) is 2.74. The van der Waals surface area contributed by atoms with E-state index in [0.717, 1.165) is 12.8 Å². The first-order chi connectivity index (χ1) is 6.18. The summed E-state index contributed by atoms with van der Waals surface area (Å²) in [6, 6.07) is 0. The van der Waals surface area contributed by atoms with Crippen molar-refractivity contribution in [2.24, 2.45) is 0 Å². The Balaban J connectivity index is 3.85. The average molecular weight is 204 g/mol. The van der Waals surface area contributed by atoms with Gasteiger partial charge in [-0.05, 0) is 20.3 Å². The third-order valence-corrected chi connectivity index (χ3v) is 3.70. The number of unbranched alkanes of at least 4 members (excludes halogenated alkanes) is 1. The summed E-state index contributed by atoms with van der Waals surface area (Å²) in [6.07, 6.45) is 2.77. The summed E-state index contributed by atoms with van der Waals surface area (Å²) < 4.78 is 22.0. The molecule has 0 spiro atoms. The first-order valence-electron chi connectivity index (χ1n) is 4.76. The summed E-state index contributed by atoms with van der Waals surface area (Å²) in [5.41, 5.74) is 0. The molecule has 0 bridgehead atoms. The molecule has 0 unspecified atom stereocenters. The Hall–Kier alpha value is 0.215. The Morgan fingerprint density at radius 3 is 2.08 bits per heavy atom. The van der Waals surface area contributed by atoms with Crippen LogP contribution in [0.1, 0.15) is 26.7 Å². The van der Waals surface area contributed by atoms with E-state index in [1.807, 2.05) is 13.8 Å². The van der Waals surface area contributed by atoms with Gasteiger partial charge in [0.25, 0.3) is 0 Å². The SMILES string of the molecule is [B]CCCCP(=O)(OCC)OCC. The number of rotatable bonds is 8. The second kappa shape index (κ2) is 7.60. The highest BCUT2D eigenvalue weighted by Crippen LogP contribution is 2.48. The summed E-state index contributed by atoms with van der Waals surface area (Å²) in [6.45, 7) is 4.49. The molecule has 0 aliphatic rings. The fraction of sp³-hybridized carbons (Fsp3) is 1.00. The van der Waals surface area contributed by atoms with Gasteiger partial charge in [0.15, 0.2) is 0 Å². The van der Waals surface area contributed by atoms with Crippen LogP contribution in [0.5, 0.6) is 0 Å². The molecule has 0 aromatic rings. The largest absolute Gasteiger partial charge is 0.330 e. The minimum Gasteiger partial charge on any atom is -0.309 e. The van der Waals surface area contributed by atoms with E-state index < -0.39 is 7.60 Å². The highest BCUT2D eigenvalue weighted by atomic mass is 31.2. The van der Waals surface area contributed by atoms with Crippen LogP contribution in [0.15, 0.2) is 0 Å². The van der Waals surface area contributed by atoms with Crippen molar-refractivity contribution in [3.63, 3.8) is 0 Å². The van der Waals surface area contributed by atoms with Gasteiger partial charge in [0.05, 0.1) is 27.2 Å². The molecule has 0 aliphatic carbocycles. The molecule has 2 radical (unpaired) electrons. The van der Waals surface area contributed by atoms with Gasteiger partial charge < -0.3 is 9.05 Å². The summed E-state index contributed by atoms with van der Waals surface area (Å²) >= 11 is 0. The Morgan fingerprint density at radius 2 is 1.69 bits per heavy atom. The monoisotopic (exact) mass is 204 g/mol. The van der Waals surface area contributed by atoms with E-state index in [9.17, 15) is 4.57 Å². The van der Waals surface area contributed by atoms with Crippen LogP contribution < -0.4 is 0 Å². The molecule has 0 heterocycles. The fourth-order valence-electron chi connectivity index (χ4n) is 1.01. The minimum atomic E-state index is -2.80. The number of hydrogen-bond donors (Lipinski definition) is 0. The predicted molar refractivity (Wildman–Crippen MR) is 55.5 cm³/mol. The zero-order chi connectivity index (χ0) is 10.2. The second-order valence-electron chi connectivity index (χ2n) is 2.67. The van der Waals surface area contributed by atoms with E-state index in [-0.39, 0.29) is 0 Å². The predicted octanol–water partition coefficient (Wildman–Crippen LogP) is 2.62. The maximum absolute atomic E-state index is 11.8. The van der Waals surface area contributed by atoms with Gasteiger partial charge >= 0.3 is 7.60 Å². The van der Waals surface area contributed by atoms with E-state index in [1.165, 1.54) is 0 Å². The maximum Gasteiger partial charge on any atom is 0.330 e. The van der Waals surface area contributed by atoms with Gasteiger partial charge in [-0.15, -0.1) is 0 Å². The van der Waals surface area contributed by atoms with Gasteiger partial charge in [0.1, 0.15) is 0 Å². The van der Waals surface area contributed by atoms with E-state index in [4.69, 9.17) is 16.9 Å². The lowest BCUT2D eigenvalue weighted by Crippen LogP contribution is -2.00. The molecular weight excluding hydrogens is 186 g/mol. The van der Waals surface area contributed by atoms with Crippen LogP contribution in [0, 0.1) is 0 Å². The van der Waals surface area contributed by atoms with Crippen LogP contribution >= 0.6 is 7.60 Å². The number of hydrogen-bond acceptors (Lipinski definition) is 3. The Bertz CT molecular complexity index is 153. The molecule has 0 atom stereocenters. The van der Waals surface area contributed by atoms with Crippen LogP contribution in [0.2, 0.25) is 6.32 Å². The first kappa shape index (κ1) is 13.2. The molecule has 0 saturated carbocycles. The van der Waals surface area contributed by atoms with Crippen LogP contribution in [0.4, 0.5) is 0 Å². The van der Waals surface area contributed by atoms with E-state index in [0.29, 0.717) is 25.7 Å². The topological polar surface area (TPSA) is 35.5 Å². The molecule has 0 rings (SSSR count). The lowest BCUT2D eigenvalue weighted by molar-refractivity contribution is 0.219. The normalized spacial score (nSPS) is 11.8. The van der Waals surface area contributed by atoms with Crippen molar-refractivity contribution in [1.29, 1.82) is 0 Å². The van der Waals surface area contributed by atoms with Crippen LogP contribution in [-0.4, -0.2) is 27.2 Å². The van der Waals surface area contributed by atoms with Gasteiger partial charge in [-0.25, -0.2) is 0 Å². The quantitative estimate of drug-likeness (QED) is 0.346. The average Bonchev–Trinajstić information content (AvgIpc) is 2.05. The molecule has 0 amide bonds. The summed E-state index contributed by atoms with van der Waals surface area (Å²) in [4.78, 5) is 0. The van der Waals surface area contributed by atoms with Crippen LogP contribution in [0.25, 0.3) is 0 Å². The third-order valence-electron chi connectivity index (χ3n) is 1.54. The van der Waals surface area contributed by atoms with Crippen molar-refractivity contribution in [3.05, 3.63) is 0 Å². The zero-order valence-electron chi connectivity index (χ0n) is 8.49. The van der Waals surface area contributed by atoms with Crippen molar-refractivity contribution in [2.45, 2.75) is 33.0 Å². The lowest BCUT2D eigenvalue weighted by Gasteiger charge is -2.16. The van der Waals surface area contributed by atoms with E-state index in [2.05, 4.69) is 0 Å². The smallest absolute Gasteiger partial charge is 0.309 e. The molecule has 3 nitrogen and oxygen atoms in total. The van der Waals surface area contributed by atoms with E-state index >= 15 is 0 Å². The molecule has 13 heavy (non-hydrogen) atoms. The van der Waals surface area contributed by atoms with Crippen molar-refractivity contribution < 1.29 is 13.6 Å².